The number of nitroso groups, excluding NO2 is 1. The Morgan fingerprint density at radius 1 is 1.46 bits per heavy atom. The molecule has 0 atom stereocenters. The molecule has 75 valence electrons. The minimum atomic E-state index is -3.30. The van der Waals surface area contributed by atoms with Crippen molar-refractivity contribution in [1.29, 1.82) is 0 Å². The van der Waals surface area contributed by atoms with Gasteiger partial charge in [-0.25, -0.2) is 0 Å². The monoisotopic (exact) mass is 352 g/mol. The molecule has 2 nitrogen and oxygen atoms in total. The molecule has 0 aromatic carbocycles. The molecule has 0 saturated carbocycles. The molecule has 0 fully saturated rings. The van der Waals surface area contributed by atoms with Gasteiger partial charge in [0.2, 0.25) is 0 Å². The van der Waals surface area contributed by atoms with Gasteiger partial charge in [-0.15, -0.1) is 0 Å². The molecule has 0 spiro atoms. The van der Waals surface area contributed by atoms with E-state index in [1.54, 1.807) is 0 Å². The van der Waals surface area contributed by atoms with Gasteiger partial charge in [0.15, 0.2) is 0 Å². The fourth-order valence-corrected chi connectivity index (χ4v) is 10.6. The molecule has 1 aliphatic carbocycles. The molecule has 1 aliphatic rings. The molecule has 3 heteroatoms. The summed E-state index contributed by atoms with van der Waals surface area (Å²) >= 11 is -3.30. The van der Waals surface area contributed by atoms with Crippen LogP contribution in [-0.2, 0) is 15.1 Å². The van der Waals surface area contributed by atoms with Crippen molar-refractivity contribution in [3.05, 3.63) is 27.1 Å². The maximum atomic E-state index is 11.2. The topological polar surface area (TPSA) is 29.4 Å². The fraction of sp³-hybridized carbons (Fsp3) is 0.600. The second-order valence-electron chi connectivity index (χ2n) is 3.72. The molecule has 0 aromatic heterocycles. The molecule has 1 rings (SSSR count). The first-order valence-corrected chi connectivity index (χ1v) is 14.5. The molecule has 0 aromatic rings. The zero-order valence-corrected chi connectivity index (χ0v) is 11.6. The molecule has 0 bridgehead atoms. The van der Waals surface area contributed by atoms with Gasteiger partial charge >= 0.3 is 81.1 Å². The second kappa shape index (κ2) is 3.49. The minimum absolute atomic E-state index is 0.967. The van der Waals surface area contributed by atoms with E-state index < -0.39 is 15.1 Å². The van der Waals surface area contributed by atoms with Gasteiger partial charge in [0.05, 0.1) is 0 Å². The molecule has 0 saturated heterocycles. The first-order valence-electron chi connectivity index (χ1n) is 4.69. The summed E-state index contributed by atoms with van der Waals surface area (Å²) in [6.45, 7) is 4.24. The second-order valence-corrected chi connectivity index (χ2v) is 23.3. The van der Waals surface area contributed by atoms with E-state index in [0.717, 1.165) is 16.0 Å². The van der Waals surface area contributed by atoms with Crippen molar-refractivity contribution < 1.29 is 15.1 Å². The first kappa shape index (κ1) is 10.8. The van der Waals surface area contributed by atoms with E-state index in [1.165, 1.54) is 3.96 Å². The van der Waals surface area contributed by atoms with E-state index in [2.05, 4.69) is 41.1 Å². The molecule has 0 radical (unpaired) electrons. The number of rotatable bonds is 4. The van der Waals surface area contributed by atoms with Crippen molar-refractivity contribution in [2.24, 2.45) is 3.74 Å². The third kappa shape index (κ3) is 1.57. The Bertz CT molecular complexity index is 277. The maximum absolute atomic E-state index is 11.2. The molecule has 13 heavy (non-hydrogen) atoms. The van der Waals surface area contributed by atoms with Crippen LogP contribution in [0.25, 0.3) is 0 Å². The van der Waals surface area contributed by atoms with E-state index in [9.17, 15) is 4.91 Å². The summed E-state index contributed by atoms with van der Waals surface area (Å²) in [5.41, 5.74) is 0. The Kier molecular flexibility index (Phi) is 2.91. The third-order valence-corrected chi connectivity index (χ3v) is 22.3. The summed E-state index contributed by atoms with van der Waals surface area (Å²) in [7, 11) is 0. The van der Waals surface area contributed by atoms with Gasteiger partial charge in [0.25, 0.3) is 0 Å². The van der Waals surface area contributed by atoms with Crippen LogP contribution in [0.15, 0.2) is 25.9 Å². The summed E-state index contributed by atoms with van der Waals surface area (Å²) in [5.74, 6) is 0. The first-order chi connectivity index (χ1) is 6.09. The zero-order chi connectivity index (χ0) is 9.97. The average Bonchev–Trinajstić information content (AvgIpc) is 2.71. The average molecular weight is 352 g/mol. The predicted molar refractivity (Wildman–Crippen MR) is 54.5 cm³/mol. The van der Waals surface area contributed by atoms with Crippen LogP contribution in [-0.4, -0.2) is 0 Å². The summed E-state index contributed by atoms with van der Waals surface area (Å²) in [6.07, 6.45) is 7.28. The predicted octanol–water partition coefficient (Wildman–Crippen LogP) is 4.13. The third-order valence-electron chi connectivity index (χ3n) is 3.24. The Labute approximate surface area is 81.2 Å². The number of nitrogens with zero attached hydrogens (tertiary/aromatic N) is 1. The molecule has 0 unspecified atom stereocenters. The number of allylic oxidation sites excluding steroid dienone is 4. The van der Waals surface area contributed by atoms with Gasteiger partial charge in [-0.2, -0.15) is 0 Å². The van der Waals surface area contributed by atoms with Gasteiger partial charge in [0, 0.05) is 0 Å². The molecular formula is C10H18NOW. The van der Waals surface area contributed by atoms with Crippen LogP contribution in [0.1, 0.15) is 20.3 Å². The summed E-state index contributed by atoms with van der Waals surface area (Å²) < 4.78 is 4.98. The van der Waals surface area contributed by atoms with Crippen LogP contribution in [0.5, 0.6) is 0 Å². The van der Waals surface area contributed by atoms with Crippen LogP contribution >= 0.6 is 0 Å². The Balaban J connectivity index is 3.11. The fourth-order valence-electron chi connectivity index (χ4n) is 1.59. The number of hydrogen-bond acceptors (Lipinski definition) is 2. The molecule has 0 aliphatic heterocycles. The van der Waals surface area contributed by atoms with Crippen molar-refractivity contribution in [3.63, 3.8) is 0 Å². The van der Waals surface area contributed by atoms with Crippen molar-refractivity contribution in [2.75, 3.05) is 0 Å². The summed E-state index contributed by atoms with van der Waals surface area (Å²) in [6, 6.07) is 0. The van der Waals surface area contributed by atoms with Crippen molar-refractivity contribution in [3.8, 4) is 0 Å². The normalized spacial score (nSPS) is 19.3. The van der Waals surface area contributed by atoms with Gasteiger partial charge in [0.1, 0.15) is 0 Å². The van der Waals surface area contributed by atoms with Crippen LogP contribution in [0.2, 0.25) is 14.9 Å². The van der Waals surface area contributed by atoms with E-state index >= 15 is 0 Å². The van der Waals surface area contributed by atoms with Crippen molar-refractivity contribution in [2.45, 2.75) is 35.2 Å². The molecular weight excluding hydrogens is 334 g/mol. The Hall–Kier alpha value is -0.232. The van der Waals surface area contributed by atoms with Crippen molar-refractivity contribution >= 4 is 0 Å². The Morgan fingerprint density at radius 3 is 2.38 bits per heavy atom. The van der Waals surface area contributed by atoms with Gasteiger partial charge < -0.3 is 0 Å². The van der Waals surface area contributed by atoms with E-state index in [4.69, 9.17) is 0 Å². The van der Waals surface area contributed by atoms with E-state index in [0.29, 0.717) is 0 Å². The SMILES string of the molecule is C[CH2][W]([CH3])([CH2]C)([N]=O)[C]1=CC=CC1. The zero-order valence-electron chi connectivity index (χ0n) is 8.62. The van der Waals surface area contributed by atoms with Gasteiger partial charge in [-0.05, 0) is 0 Å². The molecule has 0 amide bonds. The van der Waals surface area contributed by atoms with Crippen molar-refractivity contribution in [1.82, 2.24) is 0 Å². The molecule has 0 N–H and O–H groups in total. The van der Waals surface area contributed by atoms with Crippen LogP contribution in [0.3, 0.4) is 0 Å². The van der Waals surface area contributed by atoms with Gasteiger partial charge in [-0.1, -0.05) is 0 Å². The quantitative estimate of drug-likeness (QED) is 0.700. The van der Waals surface area contributed by atoms with E-state index in [1.807, 2.05) is 0 Å². The van der Waals surface area contributed by atoms with Crippen LogP contribution in [0, 0.1) is 4.91 Å². The standard InChI is InChI=1S/C5H5.2C2H5.CH3.NO.W/c1-2-4-5-3-1;2*1-2;;1-2;/h1-3H,4H2;2*1H2,2H3;1H3;;/q;;;;-1;+1. The molecule has 0 heterocycles. The van der Waals surface area contributed by atoms with E-state index in [-0.39, 0.29) is 0 Å². The van der Waals surface area contributed by atoms with Gasteiger partial charge in [-0.3, -0.25) is 0 Å². The van der Waals surface area contributed by atoms with Crippen LogP contribution < -0.4 is 0 Å². The Morgan fingerprint density at radius 2 is 2.08 bits per heavy atom. The number of hydrogen-bond donors (Lipinski definition) is 0. The van der Waals surface area contributed by atoms with Crippen LogP contribution in [0.4, 0.5) is 0 Å². The summed E-state index contributed by atoms with van der Waals surface area (Å²) in [5, 5.41) is 2.17. The summed E-state index contributed by atoms with van der Waals surface area (Å²) in [4.78, 5) is 13.1.